The lowest BCUT2D eigenvalue weighted by Crippen LogP contribution is -2.13. The van der Waals surface area contributed by atoms with Gasteiger partial charge in [0, 0.05) is 17.8 Å². The highest BCUT2D eigenvalue weighted by molar-refractivity contribution is 7.99. The minimum Gasteiger partial charge on any atom is -0.390 e. The van der Waals surface area contributed by atoms with E-state index in [1.165, 1.54) is 11.8 Å². The molecule has 0 atom stereocenters. The third kappa shape index (κ3) is 4.00. The van der Waals surface area contributed by atoms with Crippen LogP contribution in [0.25, 0.3) is 0 Å². The Labute approximate surface area is 125 Å². The predicted molar refractivity (Wildman–Crippen MR) is 78.6 cm³/mol. The number of hydrogen-bond acceptors (Lipinski definition) is 4. The van der Waals surface area contributed by atoms with Gasteiger partial charge in [0.2, 0.25) is 5.91 Å². The average Bonchev–Trinajstić information content (AvgIpc) is 2.81. The Bertz CT molecular complexity index is 598. The molecule has 0 aliphatic heterocycles. The van der Waals surface area contributed by atoms with Crippen molar-refractivity contribution in [1.29, 1.82) is 0 Å². The van der Waals surface area contributed by atoms with Crippen molar-refractivity contribution >= 4 is 29.3 Å². The first kappa shape index (κ1) is 14.9. The van der Waals surface area contributed by atoms with Crippen molar-refractivity contribution < 1.29 is 9.90 Å². The van der Waals surface area contributed by atoms with E-state index in [2.05, 4.69) is 4.98 Å². The third-order valence-electron chi connectivity index (χ3n) is 2.56. The fourth-order valence-electron chi connectivity index (χ4n) is 1.68. The fourth-order valence-corrected chi connectivity index (χ4v) is 2.54. The highest BCUT2D eigenvalue weighted by Crippen LogP contribution is 2.20. The van der Waals surface area contributed by atoms with Crippen LogP contribution >= 0.6 is 23.4 Å². The number of aliphatic hydroxyl groups is 1. The summed E-state index contributed by atoms with van der Waals surface area (Å²) >= 11 is 7.10. The number of carbonyl (C=O) groups is 1. The number of imidazole rings is 1. The molecule has 20 heavy (non-hydrogen) atoms. The van der Waals surface area contributed by atoms with E-state index in [4.69, 9.17) is 22.4 Å². The third-order valence-corrected chi connectivity index (χ3v) is 3.83. The number of aliphatic hydroxyl groups excluding tert-OH is 1. The van der Waals surface area contributed by atoms with E-state index < -0.39 is 5.91 Å². The molecule has 0 bridgehead atoms. The predicted octanol–water partition coefficient (Wildman–Crippen LogP) is 1.65. The van der Waals surface area contributed by atoms with Crippen LogP contribution in [0, 0.1) is 0 Å². The van der Waals surface area contributed by atoms with Crippen LogP contribution < -0.4 is 5.73 Å². The van der Waals surface area contributed by atoms with Gasteiger partial charge in [0.25, 0.3) is 0 Å². The maximum atomic E-state index is 10.9. The first-order valence-electron chi connectivity index (χ1n) is 5.91. The van der Waals surface area contributed by atoms with Crippen molar-refractivity contribution in [3.05, 3.63) is 46.7 Å². The molecule has 0 fully saturated rings. The van der Waals surface area contributed by atoms with Crippen molar-refractivity contribution in [2.75, 3.05) is 5.75 Å². The van der Waals surface area contributed by atoms with Crippen LogP contribution in [0.1, 0.15) is 11.3 Å². The monoisotopic (exact) mass is 311 g/mol. The Balaban J connectivity index is 2.18. The quantitative estimate of drug-likeness (QED) is 0.795. The van der Waals surface area contributed by atoms with Crippen molar-refractivity contribution in [2.24, 2.45) is 5.73 Å². The number of halogens is 1. The lowest BCUT2D eigenvalue weighted by molar-refractivity contribution is -0.115. The van der Waals surface area contributed by atoms with Gasteiger partial charge in [0.1, 0.15) is 0 Å². The van der Waals surface area contributed by atoms with Gasteiger partial charge in [-0.1, -0.05) is 35.5 Å². The summed E-state index contributed by atoms with van der Waals surface area (Å²) in [4.78, 5) is 15.1. The van der Waals surface area contributed by atoms with Crippen LogP contribution in [0.4, 0.5) is 0 Å². The van der Waals surface area contributed by atoms with Crippen molar-refractivity contribution in [1.82, 2.24) is 9.55 Å². The number of rotatable bonds is 6. The fraction of sp³-hybridized carbons (Fsp3) is 0.231. The van der Waals surface area contributed by atoms with Crippen LogP contribution in [0.15, 0.2) is 35.6 Å². The molecule has 1 aromatic heterocycles. The molecule has 2 aromatic rings. The summed E-state index contributed by atoms with van der Waals surface area (Å²) in [7, 11) is 0. The summed E-state index contributed by atoms with van der Waals surface area (Å²) in [6, 6.07) is 7.47. The lowest BCUT2D eigenvalue weighted by atomic mass is 10.2. The van der Waals surface area contributed by atoms with E-state index in [0.29, 0.717) is 22.4 Å². The number of aromatic nitrogens is 2. The summed E-state index contributed by atoms with van der Waals surface area (Å²) < 4.78 is 1.88. The van der Waals surface area contributed by atoms with Crippen LogP contribution in [-0.2, 0) is 17.9 Å². The normalized spacial score (nSPS) is 10.7. The molecule has 0 aliphatic rings. The molecule has 1 amide bonds. The van der Waals surface area contributed by atoms with Gasteiger partial charge in [0.15, 0.2) is 5.16 Å². The Morgan fingerprint density at radius 3 is 2.70 bits per heavy atom. The molecular weight excluding hydrogens is 298 g/mol. The molecule has 1 aromatic carbocycles. The molecule has 2 rings (SSSR count). The Morgan fingerprint density at radius 2 is 2.10 bits per heavy atom. The van der Waals surface area contributed by atoms with Crippen LogP contribution in [0.3, 0.4) is 0 Å². The highest BCUT2D eigenvalue weighted by atomic mass is 35.5. The summed E-state index contributed by atoms with van der Waals surface area (Å²) in [6.45, 7) is 0.447. The van der Waals surface area contributed by atoms with E-state index >= 15 is 0 Å². The summed E-state index contributed by atoms with van der Waals surface area (Å²) in [5.74, 6) is -0.246. The zero-order valence-corrected chi connectivity index (χ0v) is 12.2. The van der Waals surface area contributed by atoms with Gasteiger partial charge in [-0.2, -0.15) is 0 Å². The highest BCUT2D eigenvalue weighted by Gasteiger charge is 2.10. The lowest BCUT2D eigenvalue weighted by Gasteiger charge is -2.07. The van der Waals surface area contributed by atoms with Gasteiger partial charge in [-0.3, -0.25) is 4.79 Å². The summed E-state index contributed by atoms with van der Waals surface area (Å²) in [6.07, 6.45) is 1.76. The van der Waals surface area contributed by atoms with E-state index in [9.17, 15) is 4.79 Å². The number of nitrogens with two attached hydrogens (primary N) is 1. The van der Waals surface area contributed by atoms with Crippen molar-refractivity contribution in [2.45, 2.75) is 18.3 Å². The first-order chi connectivity index (χ1) is 9.58. The molecule has 0 saturated heterocycles. The zero-order valence-electron chi connectivity index (χ0n) is 10.6. The molecular formula is C13H14ClN3O2S. The van der Waals surface area contributed by atoms with Gasteiger partial charge in [-0.05, 0) is 17.7 Å². The average molecular weight is 312 g/mol. The molecule has 106 valence electrons. The van der Waals surface area contributed by atoms with Gasteiger partial charge in [0.05, 0.1) is 18.1 Å². The first-order valence-corrected chi connectivity index (χ1v) is 7.27. The Hall–Kier alpha value is -1.50. The van der Waals surface area contributed by atoms with Gasteiger partial charge in [-0.15, -0.1) is 0 Å². The van der Waals surface area contributed by atoms with Crippen molar-refractivity contribution in [3.8, 4) is 0 Å². The molecule has 5 nitrogen and oxygen atoms in total. The molecule has 0 saturated carbocycles. The van der Waals surface area contributed by atoms with Crippen LogP contribution in [0.2, 0.25) is 5.02 Å². The van der Waals surface area contributed by atoms with Gasteiger partial charge < -0.3 is 15.4 Å². The standard InChI is InChI=1S/C13H14ClN3O2S/c14-10-3-1-9(2-4-10)5-17-6-11(7-18)16-13(17)20-8-12(15)19/h1-4,6,18H,5,7-8H2,(H2,15,19). The molecule has 3 N–H and O–H groups in total. The summed E-state index contributed by atoms with van der Waals surface area (Å²) in [5.41, 5.74) is 6.75. The second-order valence-electron chi connectivity index (χ2n) is 4.18. The molecule has 0 spiro atoms. The Kier molecular flexibility index (Phi) is 5.05. The molecule has 1 heterocycles. The molecule has 0 unspecified atom stereocenters. The SMILES string of the molecule is NC(=O)CSc1nc(CO)cn1Cc1ccc(Cl)cc1. The number of thioether (sulfide) groups is 1. The van der Waals surface area contributed by atoms with E-state index in [1.54, 1.807) is 6.20 Å². The Morgan fingerprint density at radius 1 is 1.40 bits per heavy atom. The maximum Gasteiger partial charge on any atom is 0.227 e. The molecule has 0 radical (unpaired) electrons. The minimum absolute atomic E-state index is 0.141. The largest absolute Gasteiger partial charge is 0.390 e. The van der Waals surface area contributed by atoms with E-state index in [-0.39, 0.29) is 12.4 Å². The molecule has 7 heteroatoms. The van der Waals surface area contributed by atoms with E-state index in [0.717, 1.165) is 5.56 Å². The topological polar surface area (TPSA) is 81.1 Å². The number of amides is 1. The smallest absolute Gasteiger partial charge is 0.227 e. The van der Waals surface area contributed by atoms with Crippen molar-refractivity contribution in [3.63, 3.8) is 0 Å². The van der Waals surface area contributed by atoms with Gasteiger partial charge in [-0.25, -0.2) is 4.98 Å². The zero-order chi connectivity index (χ0) is 14.5. The van der Waals surface area contributed by atoms with E-state index in [1.807, 2.05) is 28.8 Å². The second kappa shape index (κ2) is 6.78. The number of carbonyl (C=O) groups excluding carboxylic acids is 1. The summed E-state index contributed by atoms with van der Waals surface area (Å²) in [5, 5.41) is 10.5. The second-order valence-corrected chi connectivity index (χ2v) is 5.56. The molecule has 0 aliphatic carbocycles. The number of nitrogens with zero attached hydrogens (tertiary/aromatic N) is 2. The number of benzene rings is 1. The minimum atomic E-state index is -0.401. The van der Waals surface area contributed by atoms with Crippen LogP contribution in [0.5, 0.6) is 0 Å². The number of hydrogen-bond donors (Lipinski definition) is 2. The maximum absolute atomic E-state index is 10.9. The van der Waals surface area contributed by atoms with Gasteiger partial charge >= 0.3 is 0 Å². The number of primary amides is 1. The van der Waals surface area contributed by atoms with Crippen LogP contribution in [-0.4, -0.2) is 26.3 Å².